The standard InChI is InChI=1S/C9H4BrF2NO/c10-6-4-8(12)7(11)3-5(6)9-1-2-14-13-9/h1-4H. The van der Waals surface area contributed by atoms with Gasteiger partial charge in [0.05, 0.1) is 0 Å². The van der Waals surface area contributed by atoms with Gasteiger partial charge in [0, 0.05) is 16.1 Å². The molecule has 0 radical (unpaired) electrons. The van der Waals surface area contributed by atoms with Crippen molar-refractivity contribution in [2.75, 3.05) is 0 Å². The van der Waals surface area contributed by atoms with E-state index < -0.39 is 11.6 Å². The summed E-state index contributed by atoms with van der Waals surface area (Å²) < 4.78 is 30.7. The van der Waals surface area contributed by atoms with E-state index in [0.717, 1.165) is 12.1 Å². The highest BCUT2D eigenvalue weighted by atomic mass is 79.9. The fourth-order valence-electron chi connectivity index (χ4n) is 1.07. The summed E-state index contributed by atoms with van der Waals surface area (Å²) in [4.78, 5) is 0. The lowest BCUT2D eigenvalue weighted by Crippen LogP contribution is -1.87. The molecule has 1 aromatic heterocycles. The number of rotatable bonds is 1. The van der Waals surface area contributed by atoms with Gasteiger partial charge in [-0.3, -0.25) is 0 Å². The Morgan fingerprint density at radius 2 is 1.93 bits per heavy atom. The van der Waals surface area contributed by atoms with Crippen molar-refractivity contribution >= 4 is 15.9 Å². The third kappa shape index (κ3) is 1.55. The van der Waals surface area contributed by atoms with Crippen molar-refractivity contribution in [1.29, 1.82) is 0 Å². The summed E-state index contributed by atoms with van der Waals surface area (Å²) in [6, 6.07) is 3.69. The average molecular weight is 260 g/mol. The van der Waals surface area contributed by atoms with Crippen molar-refractivity contribution in [3.05, 3.63) is 40.6 Å². The monoisotopic (exact) mass is 259 g/mol. The molecule has 0 spiro atoms. The average Bonchev–Trinajstić information content (AvgIpc) is 2.64. The van der Waals surface area contributed by atoms with Crippen LogP contribution in [0.5, 0.6) is 0 Å². The smallest absolute Gasteiger partial charge is 0.159 e. The molecule has 0 fully saturated rings. The van der Waals surface area contributed by atoms with Crippen LogP contribution in [0.25, 0.3) is 11.3 Å². The molecule has 0 aliphatic carbocycles. The molecule has 1 heterocycles. The molecular weight excluding hydrogens is 256 g/mol. The molecule has 0 N–H and O–H groups in total. The van der Waals surface area contributed by atoms with Crippen LogP contribution in [0, 0.1) is 11.6 Å². The van der Waals surface area contributed by atoms with Gasteiger partial charge < -0.3 is 4.52 Å². The molecule has 0 unspecified atom stereocenters. The minimum absolute atomic E-state index is 0.435. The van der Waals surface area contributed by atoms with Crippen molar-refractivity contribution in [2.24, 2.45) is 0 Å². The second-order valence-corrected chi connectivity index (χ2v) is 3.49. The van der Waals surface area contributed by atoms with E-state index in [4.69, 9.17) is 0 Å². The highest BCUT2D eigenvalue weighted by molar-refractivity contribution is 9.10. The van der Waals surface area contributed by atoms with Gasteiger partial charge in [0.1, 0.15) is 12.0 Å². The van der Waals surface area contributed by atoms with E-state index in [1.54, 1.807) is 6.07 Å². The van der Waals surface area contributed by atoms with Crippen molar-refractivity contribution in [2.45, 2.75) is 0 Å². The molecule has 0 atom stereocenters. The van der Waals surface area contributed by atoms with Gasteiger partial charge in [0.15, 0.2) is 11.6 Å². The number of aromatic nitrogens is 1. The molecular formula is C9H4BrF2NO. The van der Waals surface area contributed by atoms with Gasteiger partial charge >= 0.3 is 0 Å². The second-order valence-electron chi connectivity index (χ2n) is 2.63. The summed E-state index contributed by atoms with van der Waals surface area (Å²) in [6.07, 6.45) is 1.36. The van der Waals surface area contributed by atoms with Crippen LogP contribution in [-0.2, 0) is 0 Å². The molecule has 0 saturated carbocycles. The van der Waals surface area contributed by atoms with Crippen molar-refractivity contribution in [3.8, 4) is 11.3 Å². The van der Waals surface area contributed by atoms with Crippen molar-refractivity contribution < 1.29 is 13.3 Å². The first kappa shape index (κ1) is 9.33. The maximum absolute atomic E-state index is 12.9. The van der Waals surface area contributed by atoms with E-state index in [1.165, 1.54) is 6.26 Å². The molecule has 0 amide bonds. The van der Waals surface area contributed by atoms with Crippen molar-refractivity contribution in [3.63, 3.8) is 0 Å². The molecule has 2 nitrogen and oxygen atoms in total. The molecule has 0 bridgehead atoms. The van der Waals surface area contributed by atoms with Gasteiger partial charge in [-0.15, -0.1) is 0 Å². The van der Waals surface area contributed by atoms with E-state index in [1.807, 2.05) is 0 Å². The summed E-state index contributed by atoms with van der Waals surface area (Å²) in [7, 11) is 0. The molecule has 72 valence electrons. The Labute approximate surface area is 86.7 Å². The quantitative estimate of drug-likeness (QED) is 0.734. The Balaban J connectivity index is 2.60. The van der Waals surface area contributed by atoms with Gasteiger partial charge in [-0.2, -0.15) is 0 Å². The molecule has 5 heteroatoms. The van der Waals surface area contributed by atoms with Crippen LogP contribution in [0.1, 0.15) is 0 Å². The maximum Gasteiger partial charge on any atom is 0.159 e. The molecule has 2 aromatic rings. The second kappa shape index (κ2) is 3.49. The Morgan fingerprint density at radius 3 is 2.57 bits per heavy atom. The Bertz CT molecular complexity index is 456. The minimum Gasteiger partial charge on any atom is -0.364 e. The zero-order chi connectivity index (χ0) is 10.1. The highest BCUT2D eigenvalue weighted by Gasteiger charge is 2.11. The fraction of sp³-hybridized carbons (Fsp3) is 0. The summed E-state index contributed by atoms with van der Waals surface area (Å²) in [5, 5.41) is 3.62. The normalized spacial score (nSPS) is 10.5. The molecule has 0 saturated heterocycles. The highest BCUT2D eigenvalue weighted by Crippen LogP contribution is 2.28. The van der Waals surface area contributed by atoms with E-state index in [2.05, 4.69) is 25.6 Å². The van der Waals surface area contributed by atoms with Crippen LogP contribution in [0.3, 0.4) is 0 Å². The predicted molar refractivity (Wildman–Crippen MR) is 49.6 cm³/mol. The lowest BCUT2D eigenvalue weighted by atomic mass is 10.1. The van der Waals surface area contributed by atoms with E-state index in [0.29, 0.717) is 15.7 Å². The Kier molecular flexibility index (Phi) is 2.33. The SMILES string of the molecule is Fc1cc(Br)c(-c2ccon2)cc1F. The van der Waals surface area contributed by atoms with Gasteiger partial charge in [-0.25, -0.2) is 8.78 Å². The lowest BCUT2D eigenvalue weighted by Gasteiger charge is -2.00. The maximum atomic E-state index is 12.9. The first-order valence-corrected chi connectivity index (χ1v) is 4.53. The summed E-state index contributed by atoms with van der Waals surface area (Å²) in [5.41, 5.74) is 0.911. The molecule has 1 aromatic carbocycles. The van der Waals surface area contributed by atoms with Crippen LogP contribution >= 0.6 is 15.9 Å². The van der Waals surface area contributed by atoms with E-state index >= 15 is 0 Å². The van der Waals surface area contributed by atoms with Crippen molar-refractivity contribution in [1.82, 2.24) is 5.16 Å². The molecule has 0 aliphatic heterocycles. The zero-order valence-electron chi connectivity index (χ0n) is 6.80. The summed E-state index contributed by atoms with van der Waals surface area (Å²) >= 11 is 3.11. The number of hydrogen-bond acceptors (Lipinski definition) is 2. The zero-order valence-corrected chi connectivity index (χ0v) is 8.38. The minimum atomic E-state index is -0.911. The number of hydrogen-bond donors (Lipinski definition) is 0. The van der Waals surface area contributed by atoms with Crippen LogP contribution in [-0.4, -0.2) is 5.16 Å². The lowest BCUT2D eigenvalue weighted by molar-refractivity contribution is 0.422. The van der Waals surface area contributed by atoms with Crippen LogP contribution in [0.4, 0.5) is 8.78 Å². The van der Waals surface area contributed by atoms with Gasteiger partial charge in [0.2, 0.25) is 0 Å². The number of nitrogens with zero attached hydrogens (tertiary/aromatic N) is 1. The third-order valence-corrected chi connectivity index (χ3v) is 2.38. The first-order chi connectivity index (χ1) is 6.68. The topological polar surface area (TPSA) is 26.0 Å². The third-order valence-electron chi connectivity index (χ3n) is 1.72. The summed E-state index contributed by atoms with van der Waals surface area (Å²) in [5.74, 6) is -1.81. The van der Waals surface area contributed by atoms with Gasteiger partial charge in [-0.05, 0) is 28.1 Å². The van der Waals surface area contributed by atoms with Gasteiger partial charge in [0.25, 0.3) is 0 Å². The first-order valence-electron chi connectivity index (χ1n) is 3.74. The molecule has 14 heavy (non-hydrogen) atoms. The Morgan fingerprint density at radius 1 is 1.21 bits per heavy atom. The van der Waals surface area contributed by atoms with Crippen LogP contribution < -0.4 is 0 Å². The van der Waals surface area contributed by atoms with E-state index in [9.17, 15) is 8.78 Å². The van der Waals surface area contributed by atoms with Gasteiger partial charge in [-0.1, -0.05) is 5.16 Å². The number of halogens is 3. The van der Waals surface area contributed by atoms with Crippen LogP contribution in [0.2, 0.25) is 0 Å². The largest absolute Gasteiger partial charge is 0.364 e. The van der Waals surface area contributed by atoms with Crippen LogP contribution in [0.15, 0.2) is 33.5 Å². The number of benzene rings is 1. The predicted octanol–water partition coefficient (Wildman–Crippen LogP) is 3.38. The Hall–Kier alpha value is -1.23. The fourth-order valence-corrected chi connectivity index (χ4v) is 1.59. The summed E-state index contributed by atoms with van der Waals surface area (Å²) in [6.45, 7) is 0. The molecule has 2 rings (SSSR count). The molecule has 0 aliphatic rings. The van der Waals surface area contributed by atoms with E-state index in [-0.39, 0.29) is 0 Å².